The van der Waals surface area contributed by atoms with E-state index in [1.807, 2.05) is 0 Å². The standard InChI is InChI=1S/C21H34N4O5/c1-13(2)25(14(3)4)21(24-8-10-30-11-9-24)22-17-15(20(26)23-21)12-16(27-5)18(28-6)19(17)29-7/h12-14,22H,8-11H2,1-7H3,(H,23,26). The molecule has 1 amide bonds. The van der Waals surface area contributed by atoms with Crippen LogP contribution in [0.15, 0.2) is 6.07 Å². The third-order valence-corrected chi connectivity index (χ3v) is 5.62. The summed E-state index contributed by atoms with van der Waals surface area (Å²) in [5, 5.41) is 6.88. The van der Waals surface area contributed by atoms with Crippen LogP contribution in [-0.4, -0.2) is 81.3 Å². The van der Waals surface area contributed by atoms with Gasteiger partial charge in [0.15, 0.2) is 11.5 Å². The number of carbonyl (C=O) groups excluding carboxylic acids is 1. The second-order valence-corrected chi connectivity index (χ2v) is 8.01. The quantitative estimate of drug-likeness (QED) is 0.690. The maximum Gasteiger partial charge on any atom is 0.257 e. The van der Waals surface area contributed by atoms with Crippen molar-refractivity contribution < 1.29 is 23.7 Å². The molecule has 9 nitrogen and oxygen atoms in total. The van der Waals surface area contributed by atoms with Crippen molar-refractivity contribution in [1.82, 2.24) is 15.1 Å². The highest BCUT2D eigenvalue weighted by molar-refractivity contribution is 6.05. The van der Waals surface area contributed by atoms with E-state index in [-0.39, 0.29) is 18.0 Å². The Morgan fingerprint density at radius 2 is 1.60 bits per heavy atom. The van der Waals surface area contributed by atoms with E-state index in [9.17, 15) is 4.79 Å². The first-order valence-corrected chi connectivity index (χ1v) is 10.4. The van der Waals surface area contributed by atoms with E-state index in [1.165, 1.54) is 7.11 Å². The number of anilines is 1. The molecular weight excluding hydrogens is 388 g/mol. The van der Waals surface area contributed by atoms with Crippen molar-refractivity contribution in [1.29, 1.82) is 0 Å². The van der Waals surface area contributed by atoms with Crippen LogP contribution in [0.4, 0.5) is 5.69 Å². The average Bonchev–Trinajstić information content (AvgIpc) is 2.72. The van der Waals surface area contributed by atoms with Gasteiger partial charge in [0, 0.05) is 25.2 Å². The predicted molar refractivity (Wildman–Crippen MR) is 114 cm³/mol. The predicted octanol–water partition coefficient (Wildman–Crippen LogP) is 1.93. The molecule has 1 fully saturated rings. The molecule has 1 aromatic rings. The number of methoxy groups -OCH3 is 3. The highest BCUT2D eigenvalue weighted by Gasteiger charge is 2.51. The summed E-state index contributed by atoms with van der Waals surface area (Å²) in [6, 6.07) is 1.97. The summed E-state index contributed by atoms with van der Waals surface area (Å²) in [7, 11) is 4.65. The molecule has 0 radical (unpaired) electrons. The lowest BCUT2D eigenvalue weighted by molar-refractivity contribution is -0.123. The summed E-state index contributed by atoms with van der Waals surface area (Å²) in [6.07, 6.45) is 0. The zero-order valence-electron chi connectivity index (χ0n) is 19.0. The van der Waals surface area contributed by atoms with Gasteiger partial charge in [-0.1, -0.05) is 0 Å². The molecule has 2 aliphatic heterocycles. The number of hydrogen-bond donors (Lipinski definition) is 2. The van der Waals surface area contributed by atoms with E-state index in [2.05, 4.69) is 48.1 Å². The molecule has 0 aromatic heterocycles. The molecule has 0 aliphatic carbocycles. The van der Waals surface area contributed by atoms with Crippen LogP contribution < -0.4 is 24.8 Å². The van der Waals surface area contributed by atoms with Crippen molar-refractivity contribution in [2.24, 2.45) is 0 Å². The summed E-state index contributed by atoms with van der Waals surface area (Å²) in [5.74, 6) is 0.168. The number of amides is 1. The maximum absolute atomic E-state index is 13.4. The number of ether oxygens (including phenoxy) is 4. The second-order valence-electron chi connectivity index (χ2n) is 8.01. The van der Waals surface area contributed by atoms with Gasteiger partial charge in [-0.05, 0) is 33.8 Å². The first kappa shape index (κ1) is 22.5. The molecule has 0 spiro atoms. The van der Waals surface area contributed by atoms with E-state index in [0.29, 0.717) is 54.8 Å². The minimum absolute atomic E-state index is 0.147. The summed E-state index contributed by atoms with van der Waals surface area (Å²) in [5.41, 5.74) is 1.03. The highest BCUT2D eigenvalue weighted by Crippen LogP contribution is 2.48. The van der Waals surface area contributed by atoms with Crippen molar-refractivity contribution in [3.8, 4) is 17.2 Å². The number of benzene rings is 1. The zero-order valence-corrected chi connectivity index (χ0v) is 19.0. The SMILES string of the molecule is COc1cc2c(c(OC)c1OC)NC(N1CCOCC1)(N(C(C)C)C(C)C)NC2=O. The molecule has 0 bridgehead atoms. The molecule has 1 unspecified atom stereocenters. The Morgan fingerprint density at radius 3 is 2.10 bits per heavy atom. The van der Waals surface area contributed by atoms with Crippen molar-refractivity contribution in [2.75, 3.05) is 52.9 Å². The van der Waals surface area contributed by atoms with Gasteiger partial charge in [-0.15, -0.1) is 0 Å². The maximum atomic E-state index is 13.4. The normalized spacial score (nSPS) is 22.0. The van der Waals surface area contributed by atoms with Crippen LogP contribution in [0.2, 0.25) is 0 Å². The molecular formula is C21H34N4O5. The number of rotatable bonds is 7. The Hall–Kier alpha value is -2.23. The number of nitrogens with zero attached hydrogens (tertiary/aromatic N) is 2. The van der Waals surface area contributed by atoms with E-state index in [1.54, 1.807) is 20.3 Å². The molecule has 2 N–H and O–H groups in total. The number of hydrogen-bond acceptors (Lipinski definition) is 8. The Kier molecular flexibility index (Phi) is 6.64. The number of fused-ring (bicyclic) bond motifs is 1. The lowest BCUT2D eigenvalue weighted by atomic mass is 10.0. The molecule has 30 heavy (non-hydrogen) atoms. The lowest BCUT2D eigenvalue weighted by Crippen LogP contribution is -2.79. The zero-order chi connectivity index (χ0) is 22.1. The average molecular weight is 423 g/mol. The van der Waals surface area contributed by atoms with Crippen LogP contribution in [0.5, 0.6) is 17.2 Å². The first-order chi connectivity index (χ1) is 14.3. The van der Waals surface area contributed by atoms with Crippen LogP contribution in [0.1, 0.15) is 38.1 Å². The summed E-state index contributed by atoms with van der Waals surface area (Å²) in [6.45, 7) is 11.0. The van der Waals surface area contributed by atoms with Gasteiger partial charge in [-0.3, -0.25) is 4.79 Å². The summed E-state index contributed by atoms with van der Waals surface area (Å²) < 4.78 is 22.3. The molecule has 1 aromatic carbocycles. The van der Waals surface area contributed by atoms with E-state index >= 15 is 0 Å². The number of carbonyl (C=O) groups is 1. The van der Waals surface area contributed by atoms with Crippen molar-refractivity contribution >= 4 is 11.6 Å². The summed E-state index contributed by atoms with van der Waals surface area (Å²) in [4.78, 5) is 17.9. The van der Waals surface area contributed by atoms with Gasteiger partial charge in [-0.2, -0.15) is 0 Å². The molecule has 2 heterocycles. The Bertz CT molecular complexity index is 771. The Morgan fingerprint density at radius 1 is 1.00 bits per heavy atom. The molecule has 2 aliphatic rings. The van der Waals surface area contributed by atoms with Crippen molar-refractivity contribution in [2.45, 2.75) is 45.7 Å². The monoisotopic (exact) mass is 422 g/mol. The summed E-state index contributed by atoms with van der Waals surface area (Å²) >= 11 is 0. The van der Waals surface area contributed by atoms with Crippen LogP contribution in [0.3, 0.4) is 0 Å². The fourth-order valence-electron chi connectivity index (χ4n) is 4.57. The fraction of sp³-hybridized carbons (Fsp3) is 0.667. The minimum atomic E-state index is -0.941. The first-order valence-electron chi connectivity index (χ1n) is 10.4. The number of morpholine rings is 1. The van der Waals surface area contributed by atoms with Gasteiger partial charge >= 0.3 is 0 Å². The van der Waals surface area contributed by atoms with Crippen LogP contribution in [0, 0.1) is 0 Å². The fourth-order valence-corrected chi connectivity index (χ4v) is 4.57. The van der Waals surface area contributed by atoms with E-state index < -0.39 is 5.91 Å². The topological polar surface area (TPSA) is 84.5 Å². The van der Waals surface area contributed by atoms with Gasteiger partial charge in [0.05, 0.1) is 45.8 Å². The van der Waals surface area contributed by atoms with Gasteiger partial charge in [-0.25, -0.2) is 9.80 Å². The Balaban J connectivity index is 2.22. The minimum Gasteiger partial charge on any atom is -0.493 e. The van der Waals surface area contributed by atoms with Gasteiger partial charge in [0.2, 0.25) is 11.7 Å². The molecule has 1 saturated heterocycles. The lowest BCUT2D eigenvalue weighted by Gasteiger charge is -2.56. The van der Waals surface area contributed by atoms with E-state index in [0.717, 1.165) is 0 Å². The molecule has 9 heteroatoms. The van der Waals surface area contributed by atoms with Crippen LogP contribution in [-0.2, 0) is 4.74 Å². The van der Waals surface area contributed by atoms with Crippen molar-refractivity contribution in [3.05, 3.63) is 11.6 Å². The molecule has 0 saturated carbocycles. The van der Waals surface area contributed by atoms with Gasteiger partial charge in [0.25, 0.3) is 5.91 Å². The molecule has 3 rings (SSSR count). The molecule has 1 atom stereocenters. The second kappa shape index (κ2) is 8.87. The molecule has 168 valence electrons. The smallest absolute Gasteiger partial charge is 0.257 e. The highest BCUT2D eigenvalue weighted by atomic mass is 16.5. The van der Waals surface area contributed by atoms with Crippen LogP contribution in [0.25, 0.3) is 0 Å². The van der Waals surface area contributed by atoms with Gasteiger partial charge < -0.3 is 29.6 Å². The van der Waals surface area contributed by atoms with E-state index in [4.69, 9.17) is 18.9 Å². The van der Waals surface area contributed by atoms with Gasteiger partial charge in [0.1, 0.15) is 0 Å². The largest absolute Gasteiger partial charge is 0.493 e. The number of nitrogens with one attached hydrogen (secondary N) is 2. The third kappa shape index (κ3) is 3.66. The van der Waals surface area contributed by atoms with Crippen LogP contribution >= 0.6 is 0 Å². The third-order valence-electron chi connectivity index (χ3n) is 5.62. The van der Waals surface area contributed by atoms with Crippen molar-refractivity contribution in [3.63, 3.8) is 0 Å². The Labute approximate surface area is 178 Å².